The van der Waals surface area contributed by atoms with E-state index in [2.05, 4.69) is 10.3 Å². The predicted octanol–water partition coefficient (Wildman–Crippen LogP) is 3.19. The SMILES string of the molecule is COC(C(=O)NCc1c(C)ncc2c1CCN(C(=O)c1ccco1)C2)c1ccccc1. The summed E-state index contributed by atoms with van der Waals surface area (Å²) < 4.78 is 10.7. The highest BCUT2D eigenvalue weighted by Gasteiger charge is 2.26. The van der Waals surface area contributed by atoms with E-state index in [-0.39, 0.29) is 11.8 Å². The third kappa shape index (κ3) is 4.36. The lowest BCUT2D eigenvalue weighted by Gasteiger charge is -2.30. The first-order chi connectivity index (χ1) is 15.1. The molecular formula is C24H25N3O4. The van der Waals surface area contributed by atoms with Crippen LogP contribution in [0.1, 0.15) is 44.6 Å². The number of methoxy groups -OCH3 is 1. The number of hydrogen-bond donors (Lipinski definition) is 1. The van der Waals surface area contributed by atoms with Gasteiger partial charge in [0.15, 0.2) is 11.9 Å². The third-order valence-electron chi connectivity index (χ3n) is 5.63. The lowest BCUT2D eigenvalue weighted by atomic mass is 9.94. The Hall–Kier alpha value is -3.45. The van der Waals surface area contributed by atoms with Crippen LogP contribution < -0.4 is 5.32 Å². The van der Waals surface area contributed by atoms with E-state index in [1.54, 1.807) is 17.0 Å². The Morgan fingerprint density at radius 3 is 2.74 bits per heavy atom. The van der Waals surface area contributed by atoms with Gasteiger partial charge in [-0.3, -0.25) is 14.6 Å². The maximum absolute atomic E-state index is 12.8. The molecule has 0 aliphatic carbocycles. The van der Waals surface area contributed by atoms with Crippen LogP contribution in [-0.4, -0.2) is 35.4 Å². The number of aromatic nitrogens is 1. The van der Waals surface area contributed by atoms with Crippen molar-refractivity contribution in [3.05, 3.63) is 88.6 Å². The van der Waals surface area contributed by atoms with E-state index in [0.29, 0.717) is 31.8 Å². The highest BCUT2D eigenvalue weighted by Crippen LogP contribution is 2.25. The zero-order valence-corrected chi connectivity index (χ0v) is 17.6. The zero-order chi connectivity index (χ0) is 21.8. The molecule has 1 N–H and O–H groups in total. The fourth-order valence-electron chi connectivity index (χ4n) is 3.98. The smallest absolute Gasteiger partial charge is 0.289 e. The van der Waals surface area contributed by atoms with Crippen molar-refractivity contribution in [3.8, 4) is 0 Å². The van der Waals surface area contributed by atoms with Crippen LogP contribution in [0.15, 0.2) is 59.3 Å². The first-order valence-corrected chi connectivity index (χ1v) is 10.2. The Labute approximate surface area is 181 Å². The molecule has 1 aliphatic rings. The van der Waals surface area contributed by atoms with Crippen LogP contribution in [-0.2, 0) is 29.0 Å². The summed E-state index contributed by atoms with van der Waals surface area (Å²) in [5.74, 6) is 0.00976. The largest absolute Gasteiger partial charge is 0.459 e. The molecule has 3 heterocycles. The maximum atomic E-state index is 12.8. The van der Waals surface area contributed by atoms with E-state index < -0.39 is 6.10 Å². The number of aryl methyl sites for hydroxylation is 1. The predicted molar refractivity (Wildman–Crippen MR) is 114 cm³/mol. The molecule has 2 amide bonds. The van der Waals surface area contributed by atoms with Gasteiger partial charge in [0, 0.05) is 38.6 Å². The van der Waals surface area contributed by atoms with Crippen molar-refractivity contribution in [2.24, 2.45) is 0 Å². The minimum atomic E-state index is -0.671. The van der Waals surface area contributed by atoms with Crippen molar-refractivity contribution in [3.63, 3.8) is 0 Å². The minimum Gasteiger partial charge on any atom is -0.459 e. The standard InChI is InChI=1S/C24H25N3O4/c1-16-20(14-26-23(28)22(30-2)17-7-4-3-5-8-17)19-10-11-27(15-18(19)13-25-16)24(29)21-9-6-12-31-21/h3-9,12-13,22H,10-11,14-15H2,1-2H3,(H,26,28). The van der Waals surface area contributed by atoms with Crippen LogP contribution in [0.4, 0.5) is 0 Å². The fraction of sp³-hybridized carbons (Fsp3) is 0.292. The Morgan fingerprint density at radius 2 is 2.03 bits per heavy atom. The van der Waals surface area contributed by atoms with Gasteiger partial charge in [0.05, 0.1) is 6.26 Å². The lowest BCUT2D eigenvalue weighted by molar-refractivity contribution is -0.131. The van der Waals surface area contributed by atoms with Crippen LogP contribution in [0.3, 0.4) is 0 Å². The summed E-state index contributed by atoms with van der Waals surface area (Å²) in [6, 6.07) is 12.8. The Kier molecular flexibility index (Phi) is 6.13. The van der Waals surface area contributed by atoms with Crippen molar-refractivity contribution in [1.29, 1.82) is 0 Å². The quantitative estimate of drug-likeness (QED) is 0.663. The minimum absolute atomic E-state index is 0.128. The molecule has 0 saturated carbocycles. The number of benzene rings is 1. The van der Waals surface area contributed by atoms with Gasteiger partial charge in [-0.25, -0.2) is 0 Å². The molecule has 0 radical (unpaired) electrons. The molecule has 7 nitrogen and oxygen atoms in total. The molecule has 160 valence electrons. The van der Waals surface area contributed by atoms with Crippen LogP contribution in [0.2, 0.25) is 0 Å². The van der Waals surface area contributed by atoms with E-state index in [9.17, 15) is 9.59 Å². The van der Waals surface area contributed by atoms with Gasteiger partial charge in [-0.1, -0.05) is 30.3 Å². The highest BCUT2D eigenvalue weighted by atomic mass is 16.5. The van der Waals surface area contributed by atoms with Gasteiger partial charge in [-0.15, -0.1) is 0 Å². The molecule has 0 saturated heterocycles. The number of hydrogen-bond acceptors (Lipinski definition) is 5. The second-order valence-corrected chi connectivity index (χ2v) is 7.52. The number of pyridine rings is 1. The van der Waals surface area contributed by atoms with Crippen molar-refractivity contribution in [2.75, 3.05) is 13.7 Å². The second-order valence-electron chi connectivity index (χ2n) is 7.52. The van der Waals surface area contributed by atoms with E-state index in [1.807, 2.05) is 43.5 Å². The summed E-state index contributed by atoms with van der Waals surface area (Å²) in [4.78, 5) is 31.7. The second kappa shape index (κ2) is 9.14. The van der Waals surface area contributed by atoms with Crippen LogP contribution in [0, 0.1) is 6.92 Å². The number of carbonyl (C=O) groups is 2. The van der Waals surface area contributed by atoms with Gasteiger partial charge in [0.25, 0.3) is 11.8 Å². The van der Waals surface area contributed by atoms with Gasteiger partial charge >= 0.3 is 0 Å². The number of rotatable bonds is 6. The number of amides is 2. The molecular weight excluding hydrogens is 394 g/mol. The molecule has 2 aromatic heterocycles. The third-order valence-corrected chi connectivity index (χ3v) is 5.63. The molecule has 4 rings (SSSR count). The van der Waals surface area contributed by atoms with E-state index in [4.69, 9.17) is 9.15 Å². The fourth-order valence-corrected chi connectivity index (χ4v) is 3.98. The highest BCUT2D eigenvalue weighted by molar-refractivity contribution is 5.91. The van der Waals surface area contributed by atoms with Crippen LogP contribution >= 0.6 is 0 Å². The van der Waals surface area contributed by atoms with Crippen LogP contribution in [0.5, 0.6) is 0 Å². The zero-order valence-electron chi connectivity index (χ0n) is 17.6. The normalized spacial score (nSPS) is 14.1. The summed E-state index contributed by atoms with van der Waals surface area (Å²) in [6.07, 6.45) is 3.34. The Balaban J connectivity index is 1.48. The van der Waals surface area contributed by atoms with E-state index in [1.165, 1.54) is 13.4 Å². The molecule has 31 heavy (non-hydrogen) atoms. The molecule has 3 aromatic rings. The van der Waals surface area contributed by atoms with Gasteiger partial charge in [0.1, 0.15) is 0 Å². The molecule has 0 bridgehead atoms. The molecule has 1 atom stereocenters. The summed E-state index contributed by atoms with van der Waals surface area (Å²) >= 11 is 0. The van der Waals surface area contributed by atoms with Gasteiger partial charge < -0.3 is 19.4 Å². The number of nitrogens with one attached hydrogen (secondary N) is 1. The van der Waals surface area contributed by atoms with Crippen LogP contribution in [0.25, 0.3) is 0 Å². The molecule has 1 aromatic carbocycles. The Bertz CT molecular complexity index is 1060. The molecule has 1 unspecified atom stereocenters. The van der Waals surface area contributed by atoms with Gasteiger partial charge in [-0.2, -0.15) is 0 Å². The van der Waals surface area contributed by atoms with E-state index >= 15 is 0 Å². The number of ether oxygens (including phenoxy) is 1. The molecule has 7 heteroatoms. The summed E-state index contributed by atoms with van der Waals surface area (Å²) in [5.41, 5.74) is 4.81. The molecule has 1 aliphatic heterocycles. The number of fused-ring (bicyclic) bond motifs is 1. The average Bonchev–Trinajstić information content (AvgIpc) is 3.34. The average molecular weight is 419 g/mol. The first kappa shape index (κ1) is 20.8. The summed E-state index contributed by atoms with van der Waals surface area (Å²) in [6.45, 7) is 3.35. The monoisotopic (exact) mass is 419 g/mol. The van der Waals surface area contributed by atoms with Crippen molar-refractivity contribution >= 4 is 11.8 Å². The number of carbonyl (C=O) groups excluding carboxylic acids is 2. The van der Waals surface area contributed by atoms with Gasteiger partial charge in [-0.05, 0) is 47.7 Å². The lowest BCUT2D eigenvalue weighted by Crippen LogP contribution is -2.37. The first-order valence-electron chi connectivity index (χ1n) is 10.2. The van der Waals surface area contributed by atoms with E-state index in [0.717, 1.165) is 27.9 Å². The van der Waals surface area contributed by atoms with Crippen molar-refractivity contribution in [1.82, 2.24) is 15.2 Å². The summed E-state index contributed by atoms with van der Waals surface area (Å²) in [7, 11) is 1.53. The van der Waals surface area contributed by atoms with Gasteiger partial charge in [0.2, 0.25) is 0 Å². The Morgan fingerprint density at radius 1 is 1.23 bits per heavy atom. The summed E-state index contributed by atoms with van der Waals surface area (Å²) in [5, 5.41) is 3.00. The van der Waals surface area contributed by atoms with Crippen molar-refractivity contribution < 1.29 is 18.7 Å². The maximum Gasteiger partial charge on any atom is 0.289 e. The molecule has 0 spiro atoms. The number of nitrogens with zero attached hydrogens (tertiary/aromatic N) is 2. The molecule has 0 fully saturated rings. The van der Waals surface area contributed by atoms with Crippen molar-refractivity contribution in [2.45, 2.75) is 32.5 Å². The number of furan rings is 1. The topological polar surface area (TPSA) is 84.7 Å².